The van der Waals surface area contributed by atoms with Crippen LogP contribution in [0.1, 0.15) is 18.1 Å². The normalized spacial score (nSPS) is 11.1. The molecule has 0 saturated carbocycles. The fourth-order valence-electron chi connectivity index (χ4n) is 1.86. The average Bonchev–Trinajstić information content (AvgIpc) is 2.44. The lowest BCUT2D eigenvalue weighted by molar-refractivity contribution is -0.137. The van der Waals surface area contributed by atoms with Gasteiger partial charge >= 0.3 is 6.18 Å². The number of alkyl halides is 3. The van der Waals surface area contributed by atoms with Gasteiger partial charge in [0, 0.05) is 25.4 Å². The Morgan fingerprint density at radius 1 is 1.23 bits per heavy atom. The predicted molar refractivity (Wildman–Crippen MR) is 77.3 cm³/mol. The number of nitrogens with zero attached hydrogens (tertiary/aromatic N) is 1. The Morgan fingerprint density at radius 3 is 2.68 bits per heavy atom. The molecular weight excluding hydrogens is 295 g/mol. The van der Waals surface area contributed by atoms with E-state index in [0.717, 1.165) is 23.9 Å². The third-order valence-corrected chi connectivity index (χ3v) is 2.81. The minimum Gasteiger partial charge on any atom is -0.366 e. The monoisotopic (exact) mass is 309 g/mol. The number of benzene rings is 1. The van der Waals surface area contributed by atoms with E-state index in [1.54, 1.807) is 24.3 Å². The topological polar surface area (TPSA) is 54.0 Å². The Morgan fingerprint density at radius 2 is 2.00 bits per heavy atom. The molecule has 0 unspecified atom stereocenters. The number of carbonyl (C=O) groups excluding carboxylic acids is 1. The van der Waals surface area contributed by atoms with Gasteiger partial charge in [0.25, 0.3) is 0 Å². The second kappa shape index (κ2) is 6.46. The number of halogens is 3. The molecular formula is C15H14F3N3O. The van der Waals surface area contributed by atoms with Gasteiger partial charge in [-0.25, -0.2) is 4.98 Å². The average molecular weight is 309 g/mol. The van der Waals surface area contributed by atoms with Gasteiger partial charge in [0.2, 0.25) is 5.91 Å². The highest BCUT2D eigenvalue weighted by molar-refractivity contribution is 5.88. The second-order valence-corrected chi connectivity index (χ2v) is 4.66. The van der Waals surface area contributed by atoms with E-state index in [4.69, 9.17) is 0 Å². The van der Waals surface area contributed by atoms with Crippen LogP contribution in [0.2, 0.25) is 0 Å². The van der Waals surface area contributed by atoms with Gasteiger partial charge in [-0.05, 0) is 29.8 Å². The van der Waals surface area contributed by atoms with Crippen LogP contribution in [0.15, 0.2) is 42.6 Å². The van der Waals surface area contributed by atoms with Crippen LogP contribution in [0.3, 0.4) is 0 Å². The molecule has 0 saturated heterocycles. The molecule has 22 heavy (non-hydrogen) atoms. The highest BCUT2D eigenvalue weighted by Gasteiger charge is 2.30. The van der Waals surface area contributed by atoms with Crippen molar-refractivity contribution in [1.82, 2.24) is 4.98 Å². The number of pyridine rings is 1. The molecule has 1 heterocycles. The third-order valence-electron chi connectivity index (χ3n) is 2.81. The maximum absolute atomic E-state index is 12.6. The second-order valence-electron chi connectivity index (χ2n) is 4.66. The zero-order chi connectivity index (χ0) is 16.2. The molecule has 2 rings (SSSR count). The van der Waals surface area contributed by atoms with Gasteiger partial charge in [-0.2, -0.15) is 13.2 Å². The first-order valence-electron chi connectivity index (χ1n) is 6.48. The van der Waals surface area contributed by atoms with Gasteiger partial charge < -0.3 is 10.6 Å². The van der Waals surface area contributed by atoms with E-state index < -0.39 is 11.7 Å². The summed E-state index contributed by atoms with van der Waals surface area (Å²) in [5.41, 5.74) is 0.686. The highest BCUT2D eigenvalue weighted by atomic mass is 19.4. The molecule has 7 heteroatoms. The van der Waals surface area contributed by atoms with Crippen molar-refractivity contribution in [3.05, 3.63) is 53.7 Å². The third kappa shape index (κ3) is 4.47. The first-order valence-corrected chi connectivity index (χ1v) is 6.48. The zero-order valence-electron chi connectivity index (χ0n) is 11.7. The summed E-state index contributed by atoms with van der Waals surface area (Å²) < 4.78 is 37.8. The van der Waals surface area contributed by atoms with Crippen molar-refractivity contribution in [2.75, 3.05) is 10.6 Å². The smallest absolute Gasteiger partial charge is 0.366 e. The van der Waals surface area contributed by atoms with Crippen LogP contribution in [-0.2, 0) is 17.5 Å². The number of nitrogens with one attached hydrogen (secondary N) is 2. The Labute approximate surface area is 125 Å². The largest absolute Gasteiger partial charge is 0.416 e. The lowest BCUT2D eigenvalue weighted by Gasteiger charge is -2.10. The van der Waals surface area contributed by atoms with E-state index in [2.05, 4.69) is 15.6 Å². The quantitative estimate of drug-likeness (QED) is 0.906. The zero-order valence-corrected chi connectivity index (χ0v) is 11.7. The van der Waals surface area contributed by atoms with Crippen LogP contribution in [-0.4, -0.2) is 10.9 Å². The molecule has 0 spiro atoms. The molecule has 0 aliphatic carbocycles. The van der Waals surface area contributed by atoms with E-state index in [9.17, 15) is 18.0 Å². The maximum atomic E-state index is 12.6. The number of rotatable bonds is 4. The highest BCUT2D eigenvalue weighted by Crippen LogP contribution is 2.29. The van der Waals surface area contributed by atoms with Crippen LogP contribution in [0.5, 0.6) is 0 Å². The number of carbonyl (C=O) groups is 1. The van der Waals surface area contributed by atoms with Crippen LogP contribution >= 0.6 is 0 Å². The fraction of sp³-hybridized carbons (Fsp3) is 0.200. The summed E-state index contributed by atoms with van der Waals surface area (Å²) in [6, 6.07) is 8.89. The van der Waals surface area contributed by atoms with Gasteiger partial charge in [-0.1, -0.05) is 12.1 Å². The molecule has 2 N–H and O–H groups in total. The molecule has 2 aromatic rings. The molecule has 1 aromatic heterocycles. The molecule has 1 amide bonds. The lowest BCUT2D eigenvalue weighted by atomic mass is 10.2. The number of hydrogen-bond acceptors (Lipinski definition) is 3. The molecule has 0 radical (unpaired) electrons. The SMILES string of the molecule is CC(=O)Nc1cccc(CNc2cc(C(F)(F)F)ccn2)c1. The minimum absolute atomic E-state index is 0.139. The van der Waals surface area contributed by atoms with Crippen LogP contribution in [0, 0.1) is 0 Å². The molecule has 0 fully saturated rings. The molecule has 4 nitrogen and oxygen atoms in total. The summed E-state index contributed by atoms with van der Waals surface area (Å²) in [5, 5.41) is 5.47. The molecule has 0 atom stereocenters. The van der Waals surface area contributed by atoms with Crippen molar-refractivity contribution in [3.8, 4) is 0 Å². The Balaban J connectivity index is 2.05. The van der Waals surface area contributed by atoms with Crippen molar-refractivity contribution >= 4 is 17.4 Å². The summed E-state index contributed by atoms with van der Waals surface area (Å²) in [4.78, 5) is 14.8. The molecule has 1 aromatic carbocycles. The Kier molecular flexibility index (Phi) is 4.65. The van der Waals surface area contributed by atoms with Gasteiger partial charge in [0.05, 0.1) is 5.56 Å². The van der Waals surface area contributed by atoms with E-state index >= 15 is 0 Å². The van der Waals surface area contributed by atoms with Crippen molar-refractivity contribution in [2.45, 2.75) is 19.6 Å². The van der Waals surface area contributed by atoms with Crippen LogP contribution in [0.25, 0.3) is 0 Å². The van der Waals surface area contributed by atoms with Crippen molar-refractivity contribution in [3.63, 3.8) is 0 Å². The van der Waals surface area contributed by atoms with Gasteiger partial charge in [-0.15, -0.1) is 0 Å². The summed E-state index contributed by atoms with van der Waals surface area (Å²) in [6.45, 7) is 1.69. The summed E-state index contributed by atoms with van der Waals surface area (Å²) in [6.07, 6.45) is -3.29. The molecule has 0 bridgehead atoms. The number of aromatic nitrogens is 1. The standard InChI is InChI=1S/C15H14F3N3O/c1-10(22)21-13-4-2-3-11(7-13)9-20-14-8-12(5-6-19-14)15(16,17)18/h2-8H,9H2,1H3,(H,19,20)(H,21,22). The summed E-state index contributed by atoms with van der Waals surface area (Å²) in [7, 11) is 0. The van der Waals surface area contributed by atoms with Crippen molar-refractivity contribution in [2.24, 2.45) is 0 Å². The van der Waals surface area contributed by atoms with Crippen molar-refractivity contribution < 1.29 is 18.0 Å². The Hall–Kier alpha value is -2.57. The molecule has 0 aliphatic rings. The Bertz CT molecular complexity index is 671. The maximum Gasteiger partial charge on any atom is 0.416 e. The molecule has 116 valence electrons. The van der Waals surface area contributed by atoms with E-state index in [-0.39, 0.29) is 11.7 Å². The van der Waals surface area contributed by atoms with Gasteiger partial charge in [0.1, 0.15) is 5.82 Å². The van der Waals surface area contributed by atoms with E-state index in [1.807, 2.05) is 0 Å². The van der Waals surface area contributed by atoms with Crippen LogP contribution < -0.4 is 10.6 Å². The number of hydrogen-bond donors (Lipinski definition) is 2. The first kappa shape index (κ1) is 15.8. The van der Waals surface area contributed by atoms with E-state index in [0.29, 0.717) is 12.2 Å². The van der Waals surface area contributed by atoms with E-state index in [1.165, 1.54) is 6.92 Å². The number of anilines is 2. The van der Waals surface area contributed by atoms with Gasteiger partial charge in [0.15, 0.2) is 0 Å². The predicted octanol–water partition coefficient (Wildman–Crippen LogP) is 3.67. The minimum atomic E-state index is -4.40. The lowest BCUT2D eigenvalue weighted by Crippen LogP contribution is -2.08. The molecule has 0 aliphatic heterocycles. The summed E-state index contributed by atoms with van der Waals surface area (Å²) >= 11 is 0. The van der Waals surface area contributed by atoms with Gasteiger partial charge in [-0.3, -0.25) is 4.79 Å². The van der Waals surface area contributed by atoms with Crippen molar-refractivity contribution in [1.29, 1.82) is 0 Å². The van der Waals surface area contributed by atoms with Crippen LogP contribution in [0.4, 0.5) is 24.7 Å². The fourth-order valence-corrected chi connectivity index (χ4v) is 1.86. The number of amides is 1. The first-order chi connectivity index (χ1) is 10.3. The summed E-state index contributed by atoms with van der Waals surface area (Å²) in [5.74, 6) is -0.0515.